The number of fused-ring (bicyclic) bond motifs is 1. The average molecular weight is 286 g/mol. The van der Waals surface area contributed by atoms with Crippen LogP contribution in [0.5, 0.6) is 0 Å². The smallest absolute Gasteiger partial charge is 0.241 e. The Bertz CT molecular complexity index is 562. The Morgan fingerprint density at radius 2 is 2.19 bits per heavy atom. The SMILES string of the molecule is CN(CCC#N)C(=O)CN1CC(C)(C)Nc2ccccc21. The number of nitrogens with zero attached hydrogens (tertiary/aromatic N) is 3. The Morgan fingerprint density at radius 3 is 2.90 bits per heavy atom. The van der Waals surface area contributed by atoms with Gasteiger partial charge in [-0.3, -0.25) is 4.79 Å². The third-order valence-corrected chi connectivity index (χ3v) is 3.61. The zero-order chi connectivity index (χ0) is 15.5. The van der Waals surface area contributed by atoms with E-state index in [1.54, 1.807) is 11.9 Å². The summed E-state index contributed by atoms with van der Waals surface area (Å²) >= 11 is 0. The van der Waals surface area contributed by atoms with Gasteiger partial charge in [-0.25, -0.2) is 0 Å². The van der Waals surface area contributed by atoms with Crippen molar-refractivity contribution in [1.29, 1.82) is 5.26 Å². The van der Waals surface area contributed by atoms with Crippen LogP contribution in [0.4, 0.5) is 11.4 Å². The number of likely N-dealkylation sites (N-methyl/N-ethyl adjacent to an activating group) is 1. The molecule has 0 saturated heterocycles. The summed E-state index contributed by atoms with van der Waals surface area (Å²) in [6, 6.07) is 10.1. The van der Waals surface area contributed by atoms with E-state index in [-0.39, 0.29) is 11.4 Å². The second-order valence-corrected chi connectivity index (χ2v) is 6.11. The van der Waals surface area contributed by atoms with Gasteiger partial charge in [0.15, 0.2) is 0 Å². The number of benzene rings is 1. The van der Waals surface area contributed by atoms with Crippen LogP contribution in [0.2, 0.25) is 0 Å². The van der Waals surface area contributed by atoms with Crippen LogP contribution in [-0.2, 0) is 4.79 Å². The van der Waals surface area contributed by atoms with Crippen LogP contribution in [0.15, 0.2) is 24.3 Å². The van der Waals surface area contributed by atoms with Crippen LogP contribution in [0.25, 0.3) is 0 Å². The second kappa shape index (κ2) is 6.04. The molecule has 0 fully saturated rings. The van der Waals surface area contributed by atoms with Crippen LogP contribution >= 0.6 is 0 Å². The largest absolute Gasteiger partial charge is 0.377 e. The van der Waals surface area contributed by atoms with Crippen molar-refractivity contribution < 1.29 is 4.79 Å². The minimum atomic E-state index is -0.0835. The fraction of sp³-hybridized carbons (Fsp3) is 0.500. The number of nitrogens with one attached hydrogen (secondary N) is 1. The van der Waals surface area contributed by atoms with Gasteiger partial charge in [-0.1, -0.05) is 12.1 Å². The van der Waals surface area contributed by atoms with Crippen LogP contribution in [0, 0.1) is 11.3 Å². The maximum Gasteiger partial charge on any atom is 0.241 e. The van der Waals surface area contributed by atoms with E-state index >= 15 is 0 Å². The molecule has 1 aromatic carbocycles. The van der Waals surface area contributed by atoms with Gasteiger partial charge in [-0.2, -0.15) is 5.26 Å². The maximum atomic E-state index is 12.3. The molecule has 1 aliphatic heterocycles. The van der Waals surface area contributed by atoms with Gasteiger partial charge >= 0.3 is 0 Å². The average Bonchev–Trinajstić information content (AvgIpc) is 2.43. The number of para-hydroxylation sites is 2. The summed E-state index contributed by atoms with van der Waals surface area (Å²) in [5.41, 5.74) is 2.03. The van der Waals surface area contributed by atoms with E-state index in [9.17, 15) is 4.79 Å². The standard InChI is InChI=1S/C16H22N4O/c1-16(2)12-20(11-15(21)19(3)10-6-9-17)14-8-5-4-7-13(14)18-16/h4-5,7-8,18H,6,10-12H2,1-3H3. The van der Waals surface area contributed by atoms with Crippen molar-refractivity contribution in [1.82, 2.24) is 4.90 Å². The number of carbonyl (C=O) groups excluding carboxylic acids is 1. The summed E-state index contributed by atoms with van der Waals surface area (Å²) in [4.78, 5) is 16.0. The summed E-state index contributed by atoms with van der Waals surface area (Å²) in [5, 5.41) is 12.1. The summed E-state index contributed by atoms with van der Waals surface area (Å²) in [6.45, 7) is 5.83. The minimum absolute atomic E-state index is 0.0396. The summed E-state index contributed by atoms with van der Waals surface area (Å²) in [5.74, 6) is 0.0396. The van der Waals surface area contributed by atoms with E-state index in [1.807, 2.05) is 24.3 Å². The van der Waals surface area contributed by atoms with Gasteiger partial charge in [0.2, 0.25) is 5.91 Å². The molecule has 0 saturated carbocycles. The number of nitriles is 1. The van der Waals surface area contributed by atoms with E-state index in [1.165, 1.54) is 0 Å². The molecule has 1 N–H and O–H groups in total. The molecule has 5 heteroatoms. The van der Waals surface area contributed by atoms with Crippen molar-refractivity contribution >= 4 is 17.3 Å². The molecule has 1 amide bonds. The Hall–Kier alpha value is -2.22. The Balaban J connectivity index is 2.13. The molecular formula is C16H22N4O. The molecule has 0 bridgehead atoms. The maximum absolute atomic E-state index is 12.3. The topological polar surface area (TPSA) is 59.4 Å². The highest BCUT2D eigenvalue weighted by atomic mass is 16.2. The molecule has 0 aromatic heterocycles. The van der Waals surface area contributed by atoms with Crippen LogP contribution in [-0.4, -0.2) is 43.0 Å². The number of amides is 1. The molecule has 0 aliphatic carbocycles. The normalized spacial score (nSPS) is 15.6. The summed E-state index contributed by atoms with van der Waals surface area (Å²) < 4.78 is 0. The quantitative estimate of drug-likeness (QED) is 0.920. The van der Waals surface area contributed by atoms with E-state index in [0.717, 1.165) is 17.9 Å². The molecule has 1 aromatic rings. The van der Waals surface area contributed by atoms with Crippen LogP contribution in [0.3, 0.4) is 0 Å². The van der Waals surface area contributed by atoms with E-state index < -0.39 is 0 Å². The number of anilines is 2. The zero-order valence-electron chi connectivity index (χ0n) is 12.9. The predicted molar refractivity (Wildman–Crippen MR) is 84.2 cm³/mol. The summed E-state index contributed by atoms with van der Waals surface area (Å²) in [7, 11) is 1.75. The van der Waals surface area contributed by atoms with Gasteiger partial charge in [0.05, 0.1) is 30.4 Å². The highest BCUT2D eigenvalue weighted by Gasteiger charge is 2.30. The first-order valence-corrected chi connectivity index (χ1v) is 7.16. The van der Waals surface area contributed by atoms with Gasteiger partial charge in [0.1, 0.15) is 0 Å². The van der Waals surface area contributed by atoms with Crippen LogP contribution < -0.4 is 10.2 Å². The molecule has 0 radical (unpaired) electrons. The van der Waals surface area contributed by atoms with E-state index in [4.69, 9.17) is 5.26 Å². The lowest BCUT2D eigenvalue weighted by Crippen LogP contribution is -2.51. The Kier molecular flexibility index (Phi) is 4.37. The minimum Gasteiger partial charge on any atom is -0.377 e. The second-order valence-electron chi connectivity index (χ2n) is 6.11. The van der Waals surface area contributed by atoms with Crippen LogP contribution in [0.1, 0.15) is 20.3 Å². The first kappa shape index (κ1) is 15.2. The first-order chi connectivity index (χ1) is 9.93. The monoisotopic (exact) mass is 286 g/mol. The molecule has 0 unspecified atom stereocenters. The molecule has 0 atom stereocenters. The van der Waals surface area contributed by atoms with Crippen molar-refractivity contribution in [2.75, 3.05) is 36.9 Å². The van der Waals surface area contributed by atoms with Crippen molar-refractivity contribution in [3.63, 3.8) is 0 Å². The molecule has 1 heterocycles. The Morgan fingerprint density at radius 1 is 1.48 bits per heavy atom. The van der Waals surface area contributed by atoms with Gasteiger partial charge in [0.25, 0.3) is 0 Å². The van der Waals surface area contributed by atoms with Gasteiger partial charge in [-0.05, 0) is 26.0 Å². The van der Waals surface area contributed by atoms with Crippen molar-refractivity contribution in [2.24, 2.45) is 0 Å². The highest BCUT2D eigenvalue weighted by molar-refractivity contribution is 5.84. The van der Waals surface area contributed by atoms with Gasteiger partial charge in [-0.15, -0.1) is 0 Å². The van der Waals surface area contributed by atoms with Gasteiger partial charge in [0, 0.05) is 25.7 Å². The first-order valence-electron chi connectivity index (χ1n) is 7.16. The molecule has 0 spiro atoms. The number of hydrogen-bond acceptors (Lipinski definition) is 4. The van der Waals surface area contributed by atoms with Crippen molar-refractivity contribution in [3.05, 3.63) is 24.3 Å². The fourth-order valence-corrected chi connectivity index (χ4v) is 2.59. The molecule has 2 rings (SSSR count). The van der Waals surface area contributed by atoms with E-state index in [0.29, 0.717) is 19.5 Å². The Labute approximate surface area is 126 Å². The number of hydrogen-bond donors (Lipinski definition) is 1. The third kappa shape index (κ3) is 3.66. The zero-order valence-corrected chi connectivity index (χ0v) is 12.9. The molecule has 1 aliphatic rings. The molecule has 112 valence electrons. The third-order valence-electron chi connectivity index (χ3n) is 3.61. The van der Waals surface area contributed by atoms with Gasteiger partial charge < -0.3 is 15.1 Å². The number of carbonyl (C=O) groups is 1. The van der Waals surface area contributed by atoms with E-state index in [2.05, 4.69) is 30.1 Å². The lowest BCUT2D eigenvalue weighted by Gasteiger charge is -2.42. The fourth-order valence-electron chi connectivity index (χ4n) is 2.59. The number of rotatable bonds is 4. The lowest BCUT2D eigenvalue weighted by molar-refractivity contribution is -0.128. The lowest BCUT2D eigenvalue weighted by atomic mass is 9.99. The summed E-state index contributed by atoms with van der Waals surface area (Å²) in [6.07, 6.45) is 0.367. The predicted octanol–water partition coefficient (Wildman–Crippen LogP) is 2.07. The van der Waals surface area contributed by atoms with Crippen molar-refractivity contribution in [3.8, 4) is 6.07 Å². The molecule has 21 heavy (non-hydrogen) atoms. The van der Waals surface area contributed by atoms with Crippen molar-refractivity contribution in [2.45, 2.75) is 25.8 Å². The molecule has 5 nitrogen and oxygen atoms in total. The highest BCUT2D eigenvalue weighted by Crippen LogP contribution is 2.33. The molecular weight excluding hydrogens is 264 g/mol.